The molecule has 0 N–H and O–H groups in total. The summed E-state index contributed by atoms with van der Waals surface area (Å²) >= 11 is 0. The second kappa shape index (κ2) is 5.10. The molecule has 0 fully saturated rings. The van der Waals surface area contributed by atoms with E-state index in [2.05, 4.69) is 4.99 Å². The van der Waals surface area contributed by atoms with Gasteiger partial charge < -0.3 is 4.74 Å². The largest absolute Gasteiger partial charge is 0.370 e. The van der Waals surface area contributed by atoms with Crippen LogP contribution < -0.4 is 0 Å². The molecule has 0 bridgehead atoms. The molecule has 0 aliphatic heterocycles. The fourth-order valence-electron chi connectivity index (χ4n) is 1.59. The molecule has 0 saturated carbocycles. The number of amides is 1. The standard InChI is InChI=1S/C15H15NO2/c1-15(18-2)10-8-13(9-11-15)16-14(17)12-6-4-3-5-7-12/h3-11H,1-2H3. The van der Waals surface area contributed by atoms with Gasteiger partial charge >= 0.3 is 0 Å². The van der Waals surface area contributed by atoms with E-state index in [1.165, 1.54) is 0 Å². The third-order valence-corrected chi connectivity index (χ3v) is 2.86. The Balaban J connectivity index is 2.16. The van der Waals surface area contributed by atoms with Crippen LogP contribution in [0.5, 0.6) is 0 Å². The number of methoxy groups -OCH3 is 1. The molecule has 1 aromatic carbocycles. The van der Waals surface area contributed by atoms with Gasteiger partial charge in [-0.15, -0.1) is 0 Å². The summed E-state index contributed by atoms with van der Waals surface area (Å²) in [4.78, 5) is 15.9. The van der Waals surface area contributed by atoms with Crippen molar-refractivity contribution >= 4 is 11.6 Å². The van der Waals surface area contributed by atoms with Gasteiger partial charge in [0.25, 0.3) is 5.91 Å². The molecule has 1 aliphatic rings. The molecule has 0 unspecified atom stereocenters. The molecule has 2 rings (SSSR count). The summed E-state index contributed by atoms with van der Waals surface area (Å²) in [5.41, 5.74) is 0.819. The van der Waals surface area contributed by atoms with Crippen LogP contribution in [0.2, 0.25) is 0 Å². The maximum absolute atomic E-state index is 11.9. The van der Waals surface area contributed by atoms with Crippen molar-refractivity contribution in [1.82, 2.24) is 0 Å². The molecule has 1 aliphatic carbocycles. The minimum absolute atomic E-state index is 0.235. The molecule has 0 aromatic heterocycles. The van der Waals surface area contributed by atoms with Crippen molar-refractivity contribution in [2.45, 2.75) is 12.5 Å². The van der Waals surface area contributed by atoms with Crippen molar-refractivity contribution < 1.29 is 9.53 Å². The third-order valence-electron chi connectivity index (χ3n) is 2.86. The average Bonchev–Trinajstić information content (AvgIpc) is 2.42. The van der Waals surface area contributed by atoms with Crippen LogP contribution in [-0.2, 0) is 4.74 Å². The van der Waals surface area contributed by atoms with Crippen molar-refractivity contribution in [3.8, 4) is 0 Å². The number of hydrogen-bond donors (Lipinski definition) is 0. The van der Waals surface area contributed by atoms with E-state index in [0.29, 0.717) is 11.3 Å². The van der Waals surface area contributed by atoms with Gasteiger partial charge in [-0.05, 0) is 43.4 Å². The van der Waals surface area contributed by atoms with E-state index in [9.17, 15) is 4.79 Å². The minimum Gasteiger partial charge on any atom is -0.370 e. The first-order valence-corrected chi connectivity index (χ1v) is 5.75. The molecule has 0 radical (unpaired) electrons. The first-order valence-electron chi connectivity index (χ1n) is 5.75. The Hall–Kier alpha value is -2.00. The van der Waals surface area contributed by atoms with Gasteiger partial charge in [-0.1, -0.05) is 18.2 Å². The van der Waals surface area contributed by atoms with Crippen LogP contribution in [0.25, 0.3) is 0 Å². The first-order chi connectivity index (χ1) is 8.63. The van der Waals surface area contributed by atoms with E-state index in [1.807, 2.05) is 37.3 Å². The minimum atomic E-state index is -0.408. The normalized spacial score (nSPS) is 22.0. The Morgan fingerprint density at radius 2 is 1.78 bits per heavy atom. The van der Waals surface area contributed by atoms with Gasteiger partial charge in [-0.3, -0.25) is 4.79 Å². The monoisotopic (exact) mass is 241 g/mol. The fraction of sp³-hybridized carbons (Fsp3) is 0.200. The zero-order chi connectivity index (χ0) is 13.0. The number of hydrogen-bond acceptors (Lipinski definition) is 2. The number of carbonyl (C=O) groups is 1. The second-order valence-electron chi connectivity index (χ2n) is 4.26. The maximum atomic E-state index is 11.9. The number of ether oxygens (including phenoxy) is 1. The number of rotatable bonds is 2. The lowest BCUT2D eigenvalue weighted by molar-refractivity contribution is 0.0903. The van der Waals surface area contributed by atoms with Crippen molar-refractivity contribution in [2.75, 3.05) is 7.11 Å². The van der Waals surface area contributed by atoms with Crippen LogP contribution >= 0.6 is 0 Å². The Morgan fingerprint density at radius 1 is 1.17 bits per heavy atom. The first kappa shape index (κ1) is 12.5. The lowest BCUT2D eigenvalue weighted by atomic mass is 9.99. The van der Waals surface area contributed by atoms with E-state index in [0.717, 1.165) is 0 Å². The van der Waals surface area contributed by atoms with Crippen molar-refractivity contribution in [1.29, 1.82) is 0 Å². The summed E-state index contributed by atoms with van der Waals surface area (Å²) in [6.45, 7) is 1.94. The molecule has 92 valence electrons. The molecule has 0 heterocycles. The quantitative estimate of drug-likeness (QED) is 0.798. The van der Waals surface area contributed by atoms with Gasteiger partial charge in [0.2, 0.25) is 0 Å². The summed E-state index contributed by atoms with van der Waals surface area (Å²) in [6.07, 6.45) is 7.35. The molecule has 1 aromatic rings. The fourth-order valence-corrected chi connectivity index (χ4v) is 1.59. The smallest absolute Gasteiger partial charge is 0.277 e. The number of benzene rings is 1. The van der Waals surface area contributed by atoms with Gasteiger partial charge in [0.05, 0.1) is 5.71 Å². The zero-order valence-corrected chi connectivity index (χ0v) is 10.5. The highest BCUT2D eigenvalue weighted by molar-refractivity contribution is 6.13. The molecule has 1 amide bonds. The van der Waals surface area contributed by atoms with Gasteiger partial charge in [-0.25, -0.2) is 4.99 Å². The summed E-state index contributed by atoms with van der Waals surface area (Å²) in [5.74, 6) is -0.235. The highest BCUT2D eigenvalue weighted by atomic mass is 16.5. The highest BCUT2D eigenvalue weighted by Crippen LogP contribution is 2.17. The van der Waals surface area contributed by atoms with Gasteiger partial charge in [-0.2, -0.15) is 0 Å². The van der Waals surface area contributed by atoms with Gasteiger partial charge in [0.15, 0.2) is 0 Å². The number of carbonyl (C=O) groups excluding carboxylic acids is 1. The molecule has 0 atom stereocenters. The summed E-state index contributed by atoms with van der Waals surface area (Å²) < 4.78 is 5.30. The molecule has 0 spiro atoms. The Labute approximate surface area is 107 Å². The predicted molar refractivity (Wildman–Crippen MR) is 71.9 cm³/mol. The van der Waals surface area contributed by atoms with Gasteiger partial charge in [0.1, 0.15) is 5.60 Å². The Kier molecular flexibility index (Phi) is 3.53. The van der Waals surface area contributed by atoms with Crippen molar-refractivity contribution in [2.24, 2.45) is 4.99 Å². The zero-order valence-electron chi connectivity index (χ0n) is 10.5. The maximum Gasteiger partial charge on any atom is 0.277 e. The predicted octanol–water partition coefficient (Wildman–Crippen LogP) is 2.80. The molecule has 3 heteroatoms. The van der Waals surface area contributed by atoms with Crippen LogP contribution in [0.4, 0.5) is 0 Å². The van der Waals surface area contributed by atoms with Gasteiger partial charge in [0, 0.05) is 12.7 Å². The summed E-state index contributed by atoms with van der Waals surface area (Å²) in [7, 11) is 1.64. The van der Waals surface area contributed by atoms with Crippen LogP contribution in [-0.4, -0.2) is 24.3 Å². The molecule has 18 heavy (non-hydrogen) atoms. The average molecular weight is 241 g/mol. The Bertz CT molecular complexity index is 511. The van der Waals surface area contributed by atoms with Crippen molar-refractivity contribution in [3.63, 3.8) is 0 Å². The van der Waals surface area contributed by atoms with E-state index in [-0.39, 0.29) is 5.91 Å². The van der Waals surface area contributed by atoms with Crippen LogP contribution in [0.15, 0.2) is 59.6 Å². The number of allylic oxidation sites excluding steroid dienone is 2. The SMILES string of the molecule is COC1(C)C=CC(=NC(=O)c2ccccc2)C=C1. The molecular formula is C15H15NO2. The van der Waals surface area contributed by atoms with E-state index in [4.69, 9.17) is 4.74 Å². The number of aliphatic imine (C=N–C) groups is 1. The lowest BCUT2D eigenvalue weighted by Gasteiger charge is -2.22. The lowest BCUT2D eigenvalue weighted by Crippen LogP contribution is -2.24. The third kappa shape index (κ3) is 2.81. The molecule has 0 saturated heterocycles. The topological polar surface area (TPSA) is 38.7 Å². The Morgan fingerprint density at radius 3 is 2.33 bits per heavy atom. The van der Waals surface area contributed by atoms with Crippen molar-refractivity contribution in [3.05, 3.63) is 60.2 Å². The van der Waals surface area contributed by atoms with E-state index < -0.39 is 5.60 Å². The van der Waals surface area contributed by atoms with Crippen LogP contribution in [0.3, 0.4) is 0 Å². The number of nitrogens with zero attached hydrogens (tertiary/aromatic N) is 1. The van der Waals surface area contributed by atoms with E-state index >= 15 is 0 Å². The summed E-state index contributed by atoms with van der Waals surface area (Å²) in [6, 6.07) is 9.02. The second-order valence-corrected chi connectivity index (χ2v) is 4.26. The highest BCUT2D eigenvalue weighted by Gasteiger charge is 2.18. The van der Waals surface area contributed by atoms with Crippen LogP contribution in [0.1, 0.15) is 17.3 Å². The molecule has 3 nitrogen and oxygen atoms in total. The van der Waals surface area contributed by atoms with Crippen LogP contribution in [0, 0.1) is 0 Å². The molecular weight excluding hydrogens is 226 g/mol. The summed E-state index contributed by atoms with van der Waals surface area (Å²) in [5, 5.41) is 0. The van der Waals surface area contributed by atoms with E-state index in [1.54, 1.807) is 31.4 Å².